The molecule has 0 saturated carbocycles. The Balaban J connectivity index is 1.66. The van der Waals surface area contributed by atoms with Crippen LogP contribution in [0, 0.1) is 0 Å². The minimum Gasteiger partial charge on any atom is -0.465 e. The maximum Gasteiger partial charge on any atom is 0.355 e. The van der Waals surface area contributed by atoms with Crippen LogP contribution in [0.3, 0.4) is 0 Å². The molecule has 172 valence electrons. The molecule has 3 rings (SSSR count). The first-order chi connectivity index (χ1) is 16.0. The Bertz CT molecular complexity index is 1040. The Morgan fingerprint density at radius 3 is 2.33 bits per heavy atom. The highest BCUT2D eigenvalue weighted by Gasteiger charge is 2.27. The van der Waals surface area contributed by atoms with E-state index in [1.54, 1.807) is 23.3 Å². The zero-order chi connectivity index (χ0) is 23.6. The molecule has 7 nitrogen and oxygen atoms in total. The molecule has 0 saturated heterocycles. The number of hydrogen-bond acceptors (Lipinski definition) is 7. The van der Waals surface area contributed by atoms with Crippen LogP contribution >= 0.6 is 0 Å². The van der Waals surface area contributed by atoms with Gasteiger partial charge in [0.1, 0.15) is 5.70 Å². The lowest BCUT2D eigenvalue weighted by molar-refractivity contribution is -0.139. The largest absolute Gasteiger partial charge is 0.465 e. The minimum absolute atomic E-state index is 0.0821. The molecule has 0 amide bonds. The van der Waals surface area contributed by atoms with Crippen LogP contribution in [0.5, 0.6) is 0 Å². The van der Waals surface area contributed by atoms with Crippen LogP contribution in [0.1, 0.15) is 17.2 Å². The Labute approximate surface area is 193 Å². The number of allylic oxidation sites excluding steroid dienone is 2. The summed E-state index contributed by atoms with van der Waals surface area (Å²) in [5.41, 5.74) is 2.87. The van der Waals surface area contributed by atoms with E-state index in [2.05, 4.69) is 5.32 Å². The highest BCUT2D eigenvalue weighted by molar-refractivity contribution is 6.05. The fourth-order valence-electron chi connectivity index (χ4n) is 3.45. The van der Waals surface area contributed by atoms with Gasteiger partial charge in [-0.1, -0.05) is 48.5 Å². The molecule has 0 aromatic heterocycles. The average molecular weight is 449 g/mol. The molecule has 1 aliphatic rings. The van der Waals surface area contributed by atoms with Gasteiger partial charge in [-0.2, -0.15) is 0 Å². The first kappa shape index (κ1) is 24.0. The Morgan fingerprint density at radius 2 is 1.67 bits per heavy atom. The number of methoxy groups -OCH3 is 2. The molecule has 1 heterocycles. The second kappa shape index (κ2) is 11.8. The number of esters is 2. The van der Waals surface area contributed by atoms with Crippen molar-refractivity contribution in [3.63, 3.8) is 0 Å². The molecule has 0 bridgehead atoms. The number of nitrogens with zero attached hydrogens (tertiary/aromatic N) is 1. The van der Waals surface area contributed by atoms with Crippen LogP contribution in [0.4, 0.5) is 5.69 Å². The molecule has 1 atom stereocenters. The van der Waals surface area contributed by atoms with Gasteiger partial charge in [-0.05, 0) is 48.4 Å². The number of anilines is 1. The van der Waals surface area contributed by atoms with Gasteiger partial charge < -0.3 is 24.8 Å². The maximum absolute atomic E-state index is 12.5. The SMILES string of the molecule is COC(=O)C1=C(C(=O)OC)N(c2ccc(CCNCC(O)c3ccccc3)cc2)C=CC=C1. The van der Waals surface area contributed by atoms with E-state index < -0.39 is 18.0 Å². The summed E-state index contributed by atoms with van der Waals surface area (Å²) in [6, 6.07) is 17.2. The molecule has 2 aromatic rings. The van der Waals surface area contributed by atoms with Gasteiger partial charge in [0.15, 0.2) is 0 Å². The lowest BCUT2D eigenvalue weighted by atomic mass is 10.1. The van der Waals surface area contributed by atoms with Crippen molar-refractivity contribution in [1.29, 1.82) is 0 Å². The number of benzene rings is 2. The topological polar surface area (TPSA) is 88.1 Å². The molecule has 0 fully saturated rings. The first-order valence-corrected chi connectivity index (χ1v) is 10.6. The van der Waals surface area contributed by atoms with Gasteiger partial charge in [-0.15, -0.1) is 0 Å². The molecule has 2 N–H and O–H groups in total. The van der Waals surface area contributed by atoms with Crippen molar-refractivity contribution in [2.75, 3.05) is 32.2 Å². The molecule has 1 aliphatic heterocycles. The highest BCUT2D eigenvalue weighted by Crippen LogP contribution is 2.26. The number of rotatable bonds is 9. The third kappa shape index (κ3) is 6.19. The number of carbonyl (C=O) groups excluding carboxylic acids is 2. The molecule has 2 aromatic carbocycles. The van der Waals surface area contributed by atoms with Crippen LogP contribution < -0.4 is 10.2 Å². The van der Waals surface area contributed by atoms with E-state index in [0.29, 0.717) is 18.8 Å². The maximum atomic E-state index is 12.5. The lowest BCUT2D eigenvalue weighted by Gasteiger charge is -2.23. The molecular weight excluding hydrogens is 420 g/mol. The van der Waals surface area contributed by atoms with E-state index in [1.165, 1.54) is 20.3 Å². The van der Waals surface area contributed by atoms with E-state index in [4.69, 9.17) is 9.47 Å². The monoisotopic (exact) mass is 448 g/mol. The molecule has 0 spiro atoms. The van der Waals surface area contributed by atoms with Gasteiger partial charge in [-0.25, -0.2) is 9.59 Å². The van der Waals surface area contributed by atoms with Gasteiger partial charge in [0.2, 0.25) is 0 Å². The van der Waals surface area contributed by atoms with Gasteiger partial charge >= 0.3 is 11.9 Å². The normalized spacial score (nSPS) is 14.1. The Morgan fingerprint density at radius 1 is 0.970 bits per heavy atom. The average Bonchev–Trinajstić information content (AvgIpc) is 3.09. The van der Waals surface area contributed by atoms with Crippen molar-refractivity contribution >= 4 is 17.6 Å². The number of hydrogen-bond donors (Lipinski definition) is 2. The summed E-state index contributed by atoms with van der Waals surface area (Å²) in [5, 5.41) is 13.5. The van der Waals surface area contributed by atoms with Gasteiger partial charge in [0.25, 0.3) is 0 Å². The zero-order valence-electron chi connectivity index (χ0n) is 18.7. The number of aliphatic hydroxyl groups excluding tert-OH is 1. The quantitative estimate of drug-likeness (QED) is 0.450. The van der Waals surface area contributed by atoms with Crippen molar-refractivity contribution < 1.29 is 24.2 Å². The summed E-state index contributed by atoms with van der Waals surface area (Å²) < 4.78 is 9.76. The summed E-state index contributed by atoms with van der Waals surface area (Å²) in [6.45, 7) is 1.17. The standard InChI is InChI=1S/C26H28N2O5/c1-32-25(30)22-10-6-7-17-28(24(22)26(31)33-2)21-13-11-19(12-14-21)15-16-27-18-23(29)20-8-4-3-5-9-20/h3-14,17,23,27,29H,15-16,18H2,1-2H3. The van der Waals surface area contributed by atoms with E-state index in [0.717, 1.165) is 17.5 Å². The summed E-state index contributed by atoms with van der Waals surface area (Å²) in [4.78, 5) is 26.4. The predicted molar refractivity (Wildman–Crippen MR) is 126 cm³/mol. The minimum atomic E-state index is -0.642. The highest BCUT2D eigenvalue weighted by atomic mass is 16.5. The van der Waals surface area contributed by atoms with E-state index in [9.17, 15) is 14.7 Å². The first-order valence-electron chi connectivity index (χ1n) is 10.6. The summed E-state index contributed by atoms with van der Waals surface area (Å²) in [7, 11) is 2.54. The molecule has 0 radical (unpaired) electrons. The van der Waals surface area contributed by atoms with Crippen LogP contribution in [-0.4, -0.2) is 44.4 Å². The predicted octanol–water partition coefficient (Wildman–Crippen LogP) is 3.04. The number of carbonyl (C=O) groups is 2. The van der Waals surface area contributed by atoms with E-state index >= 15 is 0 Å². The van der Waals surface area contributed by atoms with Crippen LogP contribution in [-0.2, 0) is 25.5 Å². The van der Waals surface area contributed by atoms with Crippen LogP contribution in [0.25, 0.3) is 0 Å². The molecular formula is C26H28N2O5. The van der Waals surface area contributed by atoms with Gasteiger partial charge in [-0.3, -0.25) is 0 Å². The second-order valence-electron chi connectivity index (χ2n) is 7.36. The summed E-state index contributed by atoms with van der Waals surface area (Å²) in [5.74, 6) is -1.27. The molecule has 33 heavy (non-hydrogen) atoms. The second-order valence-corrected chi connectivity index (χ2v) is 7.36. The number of aliphatic hydroxyl groups is 1. The van der Waals surface area contributed by atoms with E-state index in [1.807, 2.05) is 54.6 Å². The number of nitrogens with one attached hydrogen (secondary N) is 1. The molecule has 1 unspecified atom stereocenters. The summed E-state index contributed by atoms with van der Waals surface area (Å²) in [6.07, 6.45) is 6.84. The van der Waals surface area contributed by atoms with Crippen molar-refractivity contribution in [1.82, 2.24) is 5.32 Å². The zero-order valence-corrected chi connectivity index (χ0v) is 18.7. The fourth-order valence-corrected chi connectivity index (χ4v) is 3.45. The van der Waals surface area contributed by atoms with Crippen molar-refractivity contribution in [2.24, 2.45) is 0 Å². The Hall–Kier alpha value is -3.68. The van der Waals surface area contributed by atoms with Crippen molar-refractivity contribution in [2.45, 2.75) is 12.5 Å². The number of ether oxygens (including phenoxy) is 2. The van der Waals surface area contributed by atoms with Crippen LogP contribution in [0.15, 0.2) is 90.3 Å². The fraction of sp³-hybridized carbons (Fsp3) is 0.231. The lowest BCUT2D eigenvalue weighted by Crippen LogP contribution is -2.27. The van der Waals surface area contributed by atoms with Crippen LogP contribution in [0.2, 0.25) is 0 Å². The third-order valence-electron chi connectivity index (χ3n) is 5.22. The summed E-state index contributed by atoms with van der Waals surface area (Å²) >= 11 is 0. The van der Waals surface area contributed by atoms with E-state index in [-0.39, 0.29) is 11.3 Å². The van der Waals surface area contributed by atoms with Crippen molar-refractivity contribution in [3.8, 4) is 0 Å². The van der Waals surface area contributed by atoms with Gasteiger partial charge in [0, 0.05) is 18.4 Å². The Kier molecular flexibility index (Phi) is 8.57. The van der Waals surface area contributed by atoms with Gasteiger partial charge in [0.05, 0.1) is 25.9 Å². The smallest absolute Gasteiger partial charge is 0.355 e. The van der Waals surface area contributed by atoms with Crippen molar-refractivity contribution in [3.05, 3.63) is 101 Å². The molecule has 7 heteroatoms. The third-order valence-corrected chi connectivity index (χ3v) is 5.22. The molecule has 0 aliphatic carbocycles.